The summed E-state index contributed by atoms with van der Waals surface area (Å²) < 4.78 is 0. The van der Waals surface area contributed by atoms with Crippen molar-refractivity contribution in [2.75, 3.05) is 17.6 Å². The lowest BCUT2D eigenvalue weighted by atomic mass is 10.2. The van der Waals surface area contributed by atoms with E-state index in [-0.39, 0.29) is 0 Å². The molecule has 0 aliphatic rings. The fraction of sp³-hybridized carbons (Fsp3) is 0.250. The summed E-state index contributed by atoms with van der Waals surface area (Å²) in [7, 11) is 0. The molecule has 1 nitrogen and oxygen atoms in total. The van der Waals surface area contributed by atoms with Gasteiger partial charge in [0.2, 0.25) is 0 Å². The molecule has 0 aliphatic carbocycles. The number of para-hydroxylation sites is 1. The van der Waals surface area contributed by atoms with E-state index in [1.807, 2.05) is 11.8 Å². The summed E-state index contributed by atoms with van der Waals surface area (Å²) in [5.74, 6) is 2.22. The first kappa shape index (κ1) is 13.0. The van der Waals surface area contributed by atoms with Crippen LogP contribution in [0.1, 0.15) is 11.1 Å². The number of hydrogen-bond donors (Lipinski definition) is 1. The molecule has 0 aliphatic heterocycles. The van der Waals surface area contributed by atoms with Crippen LogP contribution in [0.2, 0.25) is 0 Å². The number of aryl methyl sites for hydroxylation is 1. The lowest BCUT2D eigenvalue weighted by Crippen LogP contribution is -2.05. The van der Waals surface area contributed by atoms with Crippen molar-refractivity contribution in [2.45, 2.75) is 12.7 Å². The summed E-state index contributed by atoms with van der Waals surface area (Å²) in [6.45, 7) is 3.15. The predicted molar refractivity (Wildman–Crippen MR) is 82.3 cm³/mol. The van der Waals surface area contributed by atoms with Crippen molar-refractivity contribution in [3.05, 3.63) is 65.7 Å². The van der Waals surface area contributed by atoms with Crippen molar-refractivity contribution in [1.29, 1.82) is 0 Å². The Morgan fingerprint density at radius 2 is 1.67 bits per heavy atom. The Labute approximate surface area is 114 Å². The zero-order valence-corrected chi connectivity index (χ0v) is 11.5. The Kier molecular flexibility index (Phi) is 5.15. The molecule has 0 atom stereocenters. The molecule has 0 amide bonds. The highest BCUT2D eigenvalue weighted by Crippen LogP contribution is 2.14. The highest BCUT2D eigenvalue weighted by molar-refractivity contribution is 7.98. The topological polar surface area (TPSA) is 12.0 Å². The first-order valence-corrected chi connectivity index (χ1v) is 7.43. The lowest BCUT2D eigenvalue weighted by Gasteiger charge is -2.08. The molecule has 2 aromatic rings. The average molecular weight is 257 g/mol. The number of nitrogens with one attached hydrogen (secondary N) is 1. The third-order valence-corrected chi connectivity index (χ3v) is 3.85. The van der Waals surface area contributed by atoms with Crippen molar-refractivity contribution in [1.82, 2.24) is 0 Å². The van der Waals surface area contributed by atoms with E-state index < -0.39 is 0 Å². The van der Waals surface area contributed by atoms with Gasteiger partial charge in [-0.15, -0.1) is 0 Å². The molecule has 2 aromatic carbocycles. The molecule has 0 saturated carbocycles. The minimum absolute atomic E-state index is 1.02. The molecule has 0 aromatic heterocycles. The average Bonchev–Trinajstić information content (AvgIpc) is 2.42. The number of anilines is 1. The maximum absolute atomic E-state index is 3.48. The van der Waals surface area contributed by atoms with Crippen LogP contribution in [0.3, 0.4) is 0 Å². The number of rotatable bonds is 6. The van der Waals surface area contributed by atoms with E-state index >= 15 is 0 Å². The van der Waals surface area contributed by atoms with Crippen LogP contribution in [0.5, 0.6) is 0 Å². The van der Waals surface area contributed by atoms with Crippen molar-refractivity contribution in [2.24, 2.45) is 0 Å². The molecular weight excluding hydrogens is 238 g/mol. The fourth-order valence-corrected chi connectivity index (χ4v) is 2.61. The van der Waals surface area contributed by atoms with E-state index in [9.17, 15) is 0 Å². The molecule has 94 valence electrons. The Morgan fingerprint density at radius 1 is 0.944 bits per heavy atom. The third kappa shape index (κ3) is 4.11. The largest absolute Gasteiger partial charge is 0.384 e. The molecule has 0 saturated heterocycles. The van der Waals surface area contributed by atoms with Crippen molar-refractivity contribution in [3.8, 4) is 0 Å². The molecule has 0 heterocycles. The van der Waals surface area contributed by atoms with E-state index in [0.29, 0.717) is 0 Å². The third-order valence-electron chi connectivity index (χ3n) is 2.82. The van der Waals surface area contributed by atoms with Crippen LogP contribution in [0.4, 0.5) is 5.69 Å². The van der Waals surface area contributed by atoms with E-state index in [1.165, 1.54) is 16.8 Å². The van der Waals surface area contributed by atoms with Gasteiger partial charge in [-0.1, -0.05) is 48.5 Å². The fourth-order valence-electron chi connectivity index (χ4n) is 1.79. The molecule has 1 N–H and O–H groups in total. The summed E-state index contributed by atoms with van der Waals surface area (Å²) in [5, 5.41) is 3.48. The van der Waals surface area contributed by atoms with Crippen LogP contribution in [0, 0.1) is 6.92 Å². The van der Waals surface area contributed by atoms with Gasteiger partial charge in [0, 0.05) is 23.7 Å². The highest BCUT2D eigenvalue weighted by Gasteiger charge is 1.96. The Bertz CT molecular complexity index is 468. The monoisotopic (exact) mass is 257 g/mol. The van der Waals surface area contributed by atoms with Gasteiger partial charge in [0.1, 0.15) is 0 Å². The number of thioether (sulfide) groups is 1. The molecule has 0 bridgehead atoms. The first-order chi connectivity index (χ1) is 8.86. The van der Waals surface area contributed by atoms with Crippen molar-refractivity contribution >= 4 is 17.4 Å². The quantitative estimate of drug-likeness (QED) is 0.773. The molecule has 2 heteroatoms. The van der Waals surface area contributed by atoms with Gasteiger partial charge in [0.25, 0.3) is 0 Å². The van der Waals surface area contributed by atoms with Gasteiger partial charge in [-0.25, -0.2) is 0 Å². The summed E-state index contributed by atoms with van der Waals surface area (Å²) in [6.07, 6.45) is 0. The van der Waals surface area contributed by atoms with Crippen molar-refractivity contribution in [3.63, 3.8) is 0 Å². The van der Waals surface area contributed by atoms with E-state index in [2.05, 4.69) is 66.8 Å². The molecule has 18 heavy (non-hydrogen) atoms. The minimum atomic E-state index is 1.02. The van der Waals surface area contributed by atoms with Gasteiger partial charge in [-0.05, 0) is 24.1 Å². The minimum Gasteiger partial charge on any atom is -0.384 e. The molecule has 0 fully saturated rings. The van der Waals surface area contributed by atoms with Gasteiger partial charge < -0.3 is 5.32 Å². The van der Waals surface area contributed by atoms with Gasteiger partial charge in [-0.3, -0.25) is 0 Å². The number of benzene rings is 2. The second-order valence-corrected chi connectivity index (χ2v) is 5.39. The van der Waals surface area contributed by atoms with Gasteiger partial charge in [0.15, 0.2) is 0 Å². The lowest BCUT2D eigenvalue weighted by molar-refractivity contribution is 1.21. The molecule has 0 spiro atoms. The zero-order chi connectivity index (χ0) is 12.6. The zero-order valence-electron chi connectivity index (χ0n) is 10.7. The maximum atomic E-state index is 3.48. The van der Waals surface area contributed by atoms with Gasteiger partial charge in [-0.2, -0.15) is 11.8 Å². The smallest absolute Gasteiger partial charge is 0.0370 e. The standard InChI is InChI=1S/C16H19NS/c1-14-7-5-6-10-16(14)17-11-12-18-13-15-8-3-2-4-9-15/h2-10,17H,11-13H2,1H3. The van der Waals surface area contributed by atoms with Crippen LogP contribution < -0.4 is 5.32 Å². The Morgan fingerprint density at radius 3 is 2.44 bits per heavy atom. The summed E-state index contributed by atoms with van der Waals surface area (Å²) in [6, 6.07) is 19.0. The summed E-state index contributed by atoms with van der Waals surface area (Å²) in [4.78, 5) is 0. The molecule has 0 unspecified atom stereocenters. The van der Waals surface area contributed by atoms with Crippen LogP contribution in [-0.2, 0) is 5.75 Å². The van der Waals surface area contributed by atoms with Crippen LogP contribution in [0.15, 0.2) is 54.6 Å². The van der Waals surface area contributed by atoms with Crippen LogP contribution >= 0.6 is 11.8 Å². The molecular formula is C16H19NS. The van der Waals surface area contributed by atoms with Crippen LogP contribution in [-0.4, -0.2) is 12.3 Å². The Hall–Kier alpha value is -1.41. The highest BCUT2D eigenvalue weighted by atomic mass is 32.2. The molecule has 2 rings (SSSR count). The van der Waals surface area contributed by atoms with Crippen LogP contribution in [0.25, 0.3) is 0 Å². The van der Waals surface area contributed by atoms with Crippen molar-refractivity contribution < 1.29 is 0 Å². The normalized spacial score (nSPS) is 10.3. The predicted octanol–water partition coefficient (Wildman–Crippen LogP) is 4.34. The second kappa shape index (κ2) is 7.12. The summed E-state index contributed by atoms with van der Waals surface area (Å²) >= 11 is 1.97. The number of hydrogen-bond acceptors (Lipinski definition) is 2. The second-order valence-electron chi connectivity index (χ2n) is 4.28. The summed E-state index contributed by atoms with van der Waals surface area (Å²) in [5.41, 5.74) is 3.96. The van der Waals surface area contributed by atoms with E-state index in [0.717, 1.165) is 18.1 Å². The van der Waals surface area contributed by atoms with Gasteiger partial charge in [0.05, 0.1) is 0 Å². The van der Waals surface area contributed by atoms with Gasteiger partial charge >= 0.3 is 0 Å². The SMILES string of the molecule is Cc1ccccc1NCCSCc1ccccc1. The molecule has 0 radical (unpaired) electrons. The van der Waals surface area contributed by atoms with E-state index in [1.54, 1.807) is 0 Å². The maximum Gasteiger partial charge on any atom is 0.0370 e. The van der Waals surface area contributed by atoms with E-state index in [4.69, 9.17) is 0 Å². The first-order valence-electron chi connectivity index (χ1n) is 6.27. The Balaban J connectivity index is 1.66.